The fraction of sp³-hybridized carbons (Fsp3) is 0.500. The molecule has 0 saturated carbocycles. The quantitative estimate of drug-likeness (QED) is 0.866. The van der Waals surface area contributed by atoms with Crippen molar-refractivity contribution < 1.29 is 0 Å². The fourth-order valence-corrected chi connectivity index (χ4v) is 2.25. The van der Waals surface area contributed by atoms with Gasteiger partial charge in [0, 0.05) is 7.05 Å². The van der Waals surface area contributed by atoms with Crippen LogP contribution in [0.25, 0.3) is 0 Å². The molecule has 0 saturated heterocycles. The van der Waals surface area contributed by atoms with E-state index in [9.17, 15) is 0 Å². The van der Waals surface area contributed by atoms with E-state index in [-0.39, 0.29) is 0 Å². The lowest BCUT2D eigenvalue weighted by atomic mass is 9.99. The Morgan fingerprint density at radius 1 is 1.35 bits per heavy atom. The summed E-state index contributed by atoms with van der Waals surface area (Å²) in [7, 11) is 2.00. The van der Waals surface area contributed by atoms with Crippen molar-refractivity contribution in [3.8, 4) is 0 Å². The smallest absolute Gasteiger partial charge is 0.191 e. The second-order valence-electron chi connectivity index (χ2n) is 5.17. The van der Waals surface area contributed by atoms with Crippen LogP contribution < -0.4 is 5.73 Å². The van der Waals surface area contributed by atoms with Crippen LogP contribution in [0.4, 0.5) is 0 Å². The molecule has 0 aliphatic carbocycles. The van der Waals surface area contributed by atoms with E-state index in [0.29, 0.717) is 17.9 Å². The van der Waals surface area contributed by atoms with Crippen LogP contribution in [0.3, 0.4) is 0 Å². The maximum Gasteiger partial charge on any atom is 0.191 e. The first-order chi connectivity index (χ1) is 8.08. The summed E-state index contributed by atoms with van der Waals surface area (Å²) in [5, 5.41) is 0. The minimum absolute atomic E-state index is 0.308. The van der Waals surface area contributed by atoms with Crippen LogP contribution >= 0.6 is 0 Å². The van der Waals surface area contributed by atoms with Gasteiger partial charge in [-0.1, -0.05) is 38.1 Å². The van der Waals surface area contributed by atoms with Gasteiger partial charge in [0.05, 0.1) is 12.6 Å². The zero-order valence-corrected chi connectivity index (χ0v) is 10.9. The summed E-state index contributed by atoms with van der Waals surface area (Å²) < 4.78 is 0. The summed E-state index contributed by atoms with van der Waals surface area (Å²) in [6.45, 7) is 5.26. The van der Waals surface area contributed by atoms with Gasteiger partial charge in [0.2, 0.25) is 0 Å². The third-order valence-electron chi connectivity index (χ3n) is 3.26. The number of hydrogen-bond donors (Lipinski definition) is 1. The van der Waals surface area contributed by atoms with Crippen molar-refractivity contribution in [2.45, 2.75) is 26.3 Å². The number of aliphatic imine (C=N–C) groups is 1. The number of rotatable bonds is 3. The minimum atomic E-state index is 0.308. The zero-order chi connectivity index (χ0) is 12.4. The molecule has 2 rings (SSSR count). The molecule has 1 aliphatic rings. The molecular weight excluding hydrogens is 210 g/mol. The normalized spacial score (nSPS) is 19.9. The lowest BCUT2D eigenvalue weighted by Crippen LogP contribution is -2.32. The molecule has 0 aromatic heterocycles. The Kier molecular flexibility index (Phi) is 3.36. The molecule has 0 spiro atoms. The summed E-state index contributed by atoms with van der Waals surface area (Å²) in [5.74, 6) is 1.34. The lowest BCUT2D eigenvalue weighted by molar-refractivity contribution is 0.414. The van der Waals surface area contributed by atoms with E-state index >= 15 is 0 Å². The average Bonchev–Trinajstić information content (AvgIpc) is 2.60. The summed E-state index contributed by atoms with van der Waals surface area (Å²) >= 11 is 0. The Balaban J connectivity index is 2.09. The standard InChI is InChI=1S/C14H21N3/c1-10(2)8-11-4-6-12(7-5-11)13-9-16-14(15)17(13)3/h4-7,10,13H,8-9H2,1-3H3,(H2,15,16). The predicted molar refractivity (Wildman–Crippen MR) is 72.0 cm³/mol. The number of guanidine groups is 1. The highest BCUT2D eigenvalue weighted by atomic mass is 15.3. The summed E-state index contributed by atoms with van der Waals surface area (Å²) in [6, 6.07) is 9.15. The number of nitrogens with zero attached hydrogens (tertiary/aromatic N) is 2. The number of hydrogen-bond acceptors (Lipinski definition) is 3. The fourth-order valence-electron chi connectivity index (χ4n) is 2.25. The summed E-state index contributed by atoms with van der Waals surface area (Å²) in [5.41, 5.74) is 8.47. The Hall–Kier alpha value is -1.51. The van der Waals surface area contributed by atoms with Crippen LogP contribution in [0.1, 0.15) is 31.0 Å². The van der Waals surface area contributed by atoms with Gasteiger partial charge in [0.1, 0.15) is 0 Å². The van der Waals surface area contributed by atoms with Gasteiger partial charge in [0.15, 0.2) is 5.96 Å². The summed E-state index contributed by atoms with van der Waals surface area (Å²) in [4.78, 5) is 6.31. The molecule has 1 unspecified atom stereocenters. The molecule has 1 atom stereocenters. The van der Waals surface area contributed by atoms with Crippen molar-refractivity contribution in [1.82, 2.24) is 4.90 Å². The van der Waals surface area contributed by atoms with Crippen LogP contribution in [-0.2, 0) is 6.42 Å². The number of benzene rings is 1. The molecule has 17 heavy (non-hydrogen) atoms. The van der Waals surface area contributed by atoms with Gasteiger partial charge in [0.25, 0.3) is 0 Å². The molecule has 0 bridgehead atoms. The monoisotopic (exact) mass is 231 g/mol. The largest absolute Gasteiger partial charge is 0.370 e. The van der Waals surface area contributed by atoms with Crippen LogP contribution in [0, 0.1) is 5.92 Å². The van der Waals surface area contributed by atoms with Crippen molar-refractivity contribution in [2.24, 2.45) is 16.6 Å². The highest BCUT2D eigenvalue weighted by Gasteiger charge is 2.23. The topological polar surface area (TPSA) is 41.6 Å². The van der Waals surface area contributed by atoms with Crippen LogP contribution in [-0.4, -0.2) is 24.5 Å². The van der Waals surface area contributed by atoms with E-state index in [1.54, 1.807) is 0 Å². The lowest BCUT2D eigenvalue weighted by Gasteiger charge is -2.21. The van der Waals surface area contributed by atoms with Crippen molar-refractivity contribution in [3.63, 3.8) is 0 Å². The van der Waals surface area contributed by atoms with E-state index < -0.39 is 0 Å². The molecule has 0 radical (unpaired) electrons. The molecule has 1 aromatic carbocycles. The first-order valence-electron chi connectivity index (χ1n) is 6.19. The molecule has 3 nitrogen and oxygen atoms in total. The number of nitrogens with two attached hydrogens (primary N) is 1. The minimum Gasteiger partial charge on any atom is -0.370 e. The van der Waals surface area contributed by atoms with E-state index in [1.165, 1.54) is 11.1 Å². The average molecular weight is 231 g/mol. The Morgan fingerprint density at radius 3 is 2.47 bits per heavy atom. The highest BCUT2D eigenvalue weighted by molar-refractivity contribution is 5.80. The van der Waals surface area contributed by atoms with E-state index in [4.69, 9.17) is 5.73 Å². The Bertz CT molecular complexity index is 406. The molecule has 2 N–H and O–H groups in total. The molecule has 92 valence electrons. The van der Waals surface area contributed by atoms with Gasteiger partial charge >= 0.3 is 0 Å². The zero-order valence-electron chi connectivity index (χ0n) is 10.9. The molecular formula is C14H21N3. The molecule has 0 amide bonds. The predicted octanol–water partition coefficient (Wildman–Crippen LogP) is 2.19. The van der Waals surface area contributed by atoms with Crippen LogP contribution in [0.5, 0.6) is 0 Å². The second kappa shape index (κ2) is 4.78. The molecule has 3 heteroatoms. The van der Waals surface area contributed by atoms with Gasteiger partial charge in [-0.25, -0.2) is 0 Å². The molecule has 1 aliphatic heterocycles. The van der Waals surface area contributed by atoms with Crippen molar-refractivity contribution in [3.05, 3.63) is 35.4 Å². The number of likely N-dealkylation sites (N-methyl/N-ethyl adjacent to an activating group) is 1. The highest BCUT2D eigenvalue weighted by Crippen LogP contribution is 2.24. The SMILES string of the molecule is CC(C)Cc1ccc(C2CN=C(N)N2C)cc1. The van der Waals surface area contributed by atoms with Crippen LogP contribution in [0.2, 0.25) is 0 Å². The summed E-state index contributed by atoms with van der Waals surface area (Å²) in [6.07, 6.45) is 1.14. The van der Waals surface area contributed by atoms with Crippen molar-refractivity contribution in [1.29, 1.82) is 0 Å². The van der Waals surface area contributed by atoms with Gasteiger partial charge in [-0.15, -0.1) is 0 Å². The Labute approximate surface area is 103 Å². The molecule has 1 aromatic rings. The van der Waals surface area contributed by atoms with E-state index in [1.807, 2.05) is 11.9 Å². The maximum absolute atomic E-state index is 5.78. The maximum atomic E-state index is 5.78. The first-order valence-corrected chi connectivity index (χ1v) is 6.19. The van der Waals surface area contributed by atoms with E-state index in [0.717, 1.165) is 13.0 Å². The third-order valence-corrected chi connectivity index (χ3v) is 3.26. The first kappa shape index (κ1) is 12.0. The Morgan fingerprint density at radius 2 is 2.00 bits per heavy atom. The molecule has 0 fully saturated rings. The second-order valence-corrected chi connectivity index (χ2v) is 5.17. The third kappa shape index (κ3) is 2.60. The van der Waals surface area contributed by atoms with Gasteiger partial charge in [-0.3, -0.25) is 4.99 Å². The van der Waals surface area contributed by atoms with Crippen molar-refractivity contribution in [2.75, 3.05) is 13.6 Å². The van der Waals surface area contributed by atoms with Gasteiger partial charge in [-0.2, -0.15) is 0 Å². The van der Waals surface area contributed by atoms with E-state index in [2.05, 4.69) is 43.1 Å². The molecule has 1 heterocycles. The van der Waals surface area contributed by atoms with Gasteiger partial charge in [-0.05, 0) is 23.5 Å². The van der Waals surface area contributed by atoms with Crippen molar-refractivity contribution >= 4 is 5.96 Å². The van der Waals surface area contributed by atoms with Gasteiger partial charge < -0.3 is 10.6 Å². The van der Waals surface area contributed by atoms with Crippen LogP contribution in [0.15, 0.2) is 29.3 Å².